The average Bonchev–Trinajstić information content (AvgIpc) is 3.20. The van der Waals surface area contributed by atoms with Gasteiger partial charge in [0.15, 0.2) is 11.5 Å². The Balaban J connectivity index is 1.35. The summed E-state index contributed by atoms with van der Waals surface area (Å²) < 4.78 is 16.5. The van der Waals surface area contributed by atoms with Gasteiger partial charge in [-0.25, -0.2) is 9.97 Å². The van der Waals surface area contributed by atoms with Gasteiger partial charge < -0.3 is 24.8 Å². The van der Waals surface area contributed by atoms with Crippen LogP contribution in [0, 0.1) is 0 Å². The van der Waals surface area contributed by atoms with Crippen LogP contribution >= 0.6 is 0 Å². The van der Waals surface area contributed by atoms with Crippen molar-refractivity contribution >= 4 is 17.5 Å². The molecule has 0 radical (unpaired) electrons. The van der Waals surface area contributed by atoms with E-state index in [1.54, 1.807) is 18.2 Å². The van der Waals surface area contributed by atoms with Crippen molar-refractivity contribution in [3.8, 4) is 11.5 Å². The molecule has 1 amide bonds. The third-order valence-corrected chi connectivity index (χ3v) is 4.23. The summed E-state index contributed by atoms with van der Waals surface area (Å²) in [5, 5.41) is 5.94. The molecule has 1 saturated heterocycles. The van der Waals surface area contributed by atoms with E-state index in [0.29, 0.717) is 48.5 Å². The number of amides is 1. The molecule has 1 aromatic carbocycles. The van der Waals surface area contributed by atoms with Gasteiger partial charge in [-0.3, -0.25) is 4.79 Å². The molecular weight excluding hydrogens is 336 g/mol. The van der Waals surface area contributed by atoms with E-state index < -0.39 is 0 Å². The number of ether oxygens (including phenoxy) is 3. The smallest absolute Gasteiger partial charge is 0.258 e. The van der Waals surface area contributed by atoms with Gasteiger partial charge >= 0.3 is 0 Å². The van der Waals surface area contributed by atoms with Gasteiger partial charge in [0, 0.05) is 37.3 Å². The van der Waals surface area contributed by atoms with Crippen LogP contribution < -0.4 is 20.1 Å². The minimum absolute atomic E-state index is 0.205. The Kier molecular flexibility index (Phi) is 4.83. The Morgan fingerprint density at radius 1 is 1.12 bits per heavy atom. The molecule has 1 unspecified atom stereocenters. The van der Waals surface area contributed by atoms with E-state index in [1.165, 1.54) is 12.4 Å². The fourth-order valence-corrected chi connectivity index (χ4v) is 2.87. The highest BCUT2D eigenvalue weighted by Crippen LogP contribution is 2.32. The third kappa shape index (κ3) is 3.85. The molecule has 26 heavy (non-hydrogen) atoms. The summed E-state index contributed by atoms with van der Waals surface area (Å²) in [6, 6.07) is 5.29. The lowest BCUT2D eigenvalue weighted by Crippen LogP contribution is -2.20. The molecule has 1 atom stereocenters. The van der Waals surface area contributed by atoms with Crippen molar-refractivity contribution in [3.63, 3.8) is 0 Å². The number of nitrogens with zero attached hydrogens (tertiary/aromatic N) is 2. The topological polar surface area (TPSA) is 94.6 Å². The third-order valence-electron chi connectivity index (χ3n) is 4.23. The van der Waals surface area contributed by atoms with E-state index >= 15 is 0 Å². The summed E-state index contributed by atoms with van der Waals surface area (Å²) in [6.07, 6.45) is 5.34. The maximum absolute atomic E-state index is 12.4. The predicted molar refractivity (Wildman–Crippen MR) is 94.9 cm³/mol. The van der Waals surface area contributed by atoms with Gasteiger partial charge in [-0.2, -0.15) is 0 Å². The number of anilines is 2. The Labute approximate surface area is 150 Å². The fraction of sp³-hybridized carbons (Fsp3) is 0.389. The van der Waals surface area contributed by atoms with Gasteiger partial charge in [0.2, 0.25) is 5.95 Å². The van der Waals surface area contributed by atoms with Crippen molar-refractivity contribution in [2.45, 2.75) is 18.9 Å². The molecule has 2 N–H and O–H groups in total. The number of carbonyl (C=O) groups excluding carboxylic acids is 1. The molecule has 0 aliphatic carbocycles. The van der Waals surface area contributed by atoms with Crippen LogP contribution in [0.15, 0.2) is 30.6 Å². The second-order valence-corrected chi connectivity index (χ2v) is 6.12. The van der Waals surface area contributed by atoms with Crippen LogP contribution in [0.25, 0.3) is 0 Å². The van der Waals surface area contributed by atoms with Gasteiger partial charge in [-0.1, -0.05) is 0 Å². The molecular formula is C18H20N4O4. The van der Waals surface area contributed by atoms with Crippen LogP contribution in [0.3, 0.4) is 0 Å². The number of nitrogens with one attached hydrogen (secondary N) is 2. The van der Waals surface area contributed by atoms with Crippen LogP contribution in [0.1, 0.15) is 23.2 Å². The number of carbonyl (C=O) groups is 1. The molecule has 2 aliphatic rings. The van der Waals surface area contributed by atoms with Crippen LogP contribution in [0.5, 0.6) is 11.5 Å². The molecule has 136 valence electrons. The molecule has 0 bridgehead atoms. The highest BCUT2D eigenvalue weighted by atomic mass is 16.6. The first-order chi connectivity index (χ1) is 12.8. The van der Waals surface area contributed by atoms with Crippen LogP contribution in [-0.2, 0) is 4.74 Å². The molecule has 0 spiro atoms. The van der Waals surface area contributed by atoms with Crippen molar-refractivity contribution in [2.24, 2.45) is 0 Å². The highest BCUT2D eigenvalue weighted by Gasteiger charge is 2.16. The zero-order valence-electron chi connectivity index (χ0n) is 14.2. The summed E-state index contributed by atoms with van der Waals surface area (Å²) in [4.78, 5) is 20.7. The van der Waals surface area contributed by atoms with E-state index in [4.69, 9.17) is 14.2 Å². The molecule has 4 rings (SSSR count). The average molecular weight is 356 g/mol. The van der Waals surface area contributed by atoms with Crippen LogP contribution in [0.2, 0.25) is 0 Å². The lowest BCUT2D eigenvalue weighted by Gasteiger charge is -2.19. The number of benzene rings is 1. The minimum Gasteiger partial charge on any atom is -0.486 e. The Morgan fingerprint density at radius 2 is 1.92 bits per heavy atom. The highest BCUT2D eigenvalue weighted by molar-refractivity contribution is 6.04. The molecule has 8 heteroatoms. The molecule has 1 fully saturated rings. The van der Waals surface area contributed by atoms with Crippen molar-refractivity contribution in [1.82, 2.24) is 9.97 Å². The van der Waals surface area contributed by atoms with Crippen molar-refractivity contribution in [3.05, 3.63) is 36.2 Å². The maximum Gasteiger partial charge on any atom is 0.258 e. The van der Waals surface area contributed by atoms with E-state index in [-0.39, 0.29) is 12.0 Å². The van der Waals surface area contributed by atoms with Crippen LogP contribution in [0.4, 0.5) is 11.6 Å². The van der Waals surface area contributed by atoms with Gasteiger partial charge in [0.05, 0.1) is 11.7 Å². The standard InChI is InChI=1S/C18H20N4O4/c23-17(22-13-3-4-15-16(8-13)26-7-6-25-15)12-9-19-18(20-10-12)21-11-14-2-1-5-24-14/h3-4,8-10,14H,1-2,5-7,11H2,(H,22,23)(H,19,20,21). The summed E-state index contributed by atoms with van der Waals surface area (Å²) in [5.74, 6) is 1.50. The minimum atomic E-state index is -0.285. The number of hydrogen-bond donors (Lipinski definition) is 2. The van der Waals surface area contributed by atoms with Crippen molar-refractivity contribution < 1.29 is 19.0 Å². The van der Waals surface area contributed by atoms with E-state index in [0.717, 1.165) is 19.4 Å². The normalized spacial score (nSPS) is 18.4. The Bertz CT molecular complexity index is 775. The Hall–Kier alpha value is -2.87. The first-order valence-corrected chi connectivity index (χ1v) is 8.66. The number of fused-ring (bicyclic) bond motifs is 1. The Morgan fingerprint density at radius 3 is 2.69 bits per heavy atom. The van der Waals surface area contributed by atoms with E-state index in [2.05, 4.69) is 20.6 Å². The molecule has 1 aromatic heterocycles. The van der Waals surface area contributed by atoms with Gasteiger partial charge in [-0.05, 0) is 25.0 Å². The second-order valence-electron chi connectivity index (χ2n) is 6.12. The SMILES string of the molecule is O=C(Nc1ccc2c(c1)OCCO2)c1cnc(NCC2CCCO2)nc1. The summed E-state index contributed by atoms with van der Waals surface area (Å²) in [5.41, 5.74) is 1.00. The first-order valence-electron chi connectivity index (χ1n) is 8.66. The summed E-state index contributed by atoms with van der Waals surface area (Å²) in [6.45, 7) is 2.51. The predicted octanol–water partition coefficient (Wildman–Crippen LogP) is 2.09. The fourth-order valence-electron chi connectivity index (χ4n) is 2.87. The van der Waals surface area contributed by atoms with Gasteiger partial charge in [0.1, 0.15) is 13.2 Å². The molecule has 8 nitrogen and oxygen atoms in total. The lowest BCUT2D eigenvalue weighted by molar-refractivity contribution is 0.102. The molecule has 3 heterocycles. The summed E-state index contributed by atoms with van der Waals surface area (Å²) in [7, 11) is 0. The maximum atomic E-state index is 12.4. The van der Waals surface area contributed by atoms with Gasteiger partial charge in [0.25, 0.3) is 5.91 Å². The van der Waals surface area contributed by atoms with Crippen molar-refractivity contribution in [1.29, 1.82) is 0 Å². The van der Waals surface area contributed by atoms with Crippen molar-refractivity contribution in [2.75, 3.05) is 37.0 Å². The monoisotopic (exact) mass is 356 g/mol. The van der Waals surface area contributed by atoms with E-state index in [1.807, 2.05) is 0 Å². The van der Waals surface area contributed by atoms with Gasteiger partial charge in [-0.15, -0.1) is 0 Å². The second kappa shape index (κ2) is 7.57. The lowest BCUT2D eigenvalue weighted by atomic mass is 10.2. The number of hydrogen-bond acceptors (Lipinski definition) is 7. The largest absolute Gasteiger partial charge is 0.486 e. The molecule has 2 aromatic rings. The van der Waals surface area contributed by atoms with Crippen LogP contribution in [-0.4, -0.2) is 48.3 Å². The summed E-state index contributed by atoms with van der Waals surface area (Å²) >= 11 is 0. The molecule has 2 aliphatic heterocycles. The first kappa shape index (κ1) is 16.6. The number of rotatable bonds is 5. The van der Waals surface area contributed by atoms with E-state index in [9.17, 15) is 4.79 Å². The number of aromatic nitrogens is 2. The molecule has 0 saturated carbocycles. The zero-order valence-corrected chi connectivity index (χ0v) is 14.2. The zero-order chi connectivity index (χ0) is 17.8. The quantitative estimate of drug-likeness (QED) is 0.847.